The average Bonchev–Trinajstić information content (AvgIpc) is 2.03. The Morgan fingerprint density at radius 3 is 2.17 bits per heavy atom. The second-order valence-electron chi connectivity index (χ2n) is 2.60. The minimum atomic E-state index is -1.03. The molecule has 0 aliphatic heterocycles. The van der Waals surface area contributed by atoms with E-state index in [9.17, 15) is 9.59 Å². The molecule has 12 heavy (non-hydrogen) atoms. The number of hydrogen-bond donors (Lipinski definition) is 0. The van der Waals surface area contributed by atoms with E-state index >= 15 is 0 Å². The van der Waals surface area contributed by atoms with Crippen LogP contribution in [-0.2, 0) is 14.3 Å². The standard InChI is InChI=1S/C8H15O3P/c1-4-8(12,6(3)9)7(10)11-5-2/h4-5,12H2,1-3H3. The molecule has 0 bridgehead atoms. The highest BCUT2D eigenvalue weighted by atomic mass is 31.0. The van der Waals surface area contributed by atoms with Gasteiger partial charge in [-0.15, -0.1) is 9.24 Å². The third kappa shape index (κ3) is 2.28. The Bertz CT molecular complexity index is 191. The minimum Gasteiger partial charge on any atom is -0.465 e. The van der Waals surface area contributed by atoms with Gasteiger partial charge in [0, 0.05) is 0 Å². The molecule has 0 radical (unpaired) electrons. The number of esters is 1. The van der Waals surface area contributed by atoms with Crippen molar-refractivity contribution in [3.05, 3.63) is 0 Å². The molecule has 0 amide bonds. The van der Waals surface area contributed by atoms with Crippen molar-refractivity contribution in [3.8, 4) is 0 Å². The number of hydrogen-bond acceptors (Lipinski definition) is 3. The van der Waals surface area contributed by atoms with Crippen molar-refractivity contribution in [1.29, 1.82) is 0 Å². The molecular formula is C8H15O3P. The highest BCUT2D eigenvalue weighted by Crippen LogP contribution is 2.25. The Morgan fingerprint density at radius 1 is 1.42 bits per heavy atom. The van der Waals surface area contributed by atoms with Gasteiger partial charge >= 0.3 is 5.97 Å². The monoisotopic (exact) mass is 190 g/mol. The van der Waals surface area contributed by atoms with E-state index in [2.05, 4.69) is 9.24 Å². The summed E-state index contributed by atoms with van der Waals surface area (Å²) in [6, 6.07) is 0. The molecule has 0 aromatic heterocycles. The summed E-state index contributed by atoms with van der Waals surface area (Å²) in [5.41, 5.74) is 0. The van der Waals surface area contributed by atoms with Crippen LogP contribution in [0, 0.1) is 0 Å². The molecule has 0 heterocycles. The molecule has 0 aromatic rings. The van der Waals surface area contributed by atoms with Gasteiger partial charge in [-0.3, -0.25) is 9.59 Å². The van der Waals surface area contributed by atoms with E-state index in [1.54, 1.807) is 13.8 Å². The first-order valence-electron chi connectivity index (χ1n) is 3.96. The summed E-state index contributed by atoms with van der Waals surface area (Å²) in [5, 5.41) is -1.03. The number of carbonyl (C=O) groups excluding carboxylic acids is 2. The van der Waals surface area contributed by atoms with Crippen LogP contribution in [0.1, 0.15) is 27.2 Å². The zero-order valence-corrected chi connectivity index (χ0v) is 8.87. The zero-order chi connectivity index (χ0) is 9.78. The van der Waals surface area contributed by atoms with E-state index in [0.717, 1.165) is 0 Å². The fourth-order valence-corrected chi connectivity index (χ4v) is 0.880. The Hall–Kier alpha value is -0.430. The lowest BCUT2D eigenvalue weighted by Crippen LogP contribution is -2.39. The van der Waals surface area contributed by atoms with E-state index in [1.165, 1.54) is 6.92 Å². The molecule has 0 spiro atoms. The van der Waals surface area contributed by atoms with Crippen molar-refractivity contribution in [3.63, 3.8) is 0 Å². The molecule has 0 aliphatic rings. The summed E-state index contributed by atoms with van der Waals surface area (Å²) in [5.74, 6) is -0.626. The number of Topliss-reactive ketones (excluding diaryl/α,β-unsaturated/α-hetero) is 1. The molecule has 70 valence electrons. The average molecular weight is 190 g/mol. The van der Waals surface area contributed by atoms with Crippen LogP contribution < -0.4 is 0 Å². The maximum absolute atomic E-state index is 11.3. The van der Waals surface area contributed by atoms with Crippen molar-refractivity contribution < 1.29 is 14.3 Å². The number of ether oxygens (including phenoxy) is 1. The van der Waals surface area contributed by atoms with Crippen LogP contribution in [0.3, 0.4) is 0 Å². The fourth-order valence-electron chi connectivity index (χ4n) is 0.797. The van der Waals surface area contributed by atoms with Crippen molar-refractivity contribution >= 4 is 21.0 Å². The van der Waals surface area contributed by atoms with Crippen LogP contribution in [0.15, 0.2) is 0 Å². The maximum Gasteiger partial charge on any atom is 0.323 e. The van der Waals surface area contributed by atoms with Crippen LogP contribution in [0.25, 0.3) is 0 Å². The van der Waals surface area contributed by atoms with Gasteiger partial charge in [0.05, 0.1) is 6.61 Å². The lowest BCUT2D eigenvalue weighted by molar-refractivity contribution is -0.149. The molecule has 0 saturated heterocycles. The summed E-state index contributed by atoms with van der Waals surface area (Å²) in [7, 11) is 2.27. The first-order chi connectivity index (χ1) is 5.49. The second kappa shape index (κ2) is 4.56. The number of carbonyl (C=O) groups is 2. The Kier molecular flexibility index (Phi) is 4.40. The molecule has 0 aliphatic carbocycles. The first-order valence-corrected chi connectivity index (χ1v) is 4.53. The second-order valence-corrected chi connectivity index (χ2v) is 3.59. The lowest BCUT2D eigenvalue weighted by atomic mass is 10.0. The highest BCUT2D eigenvalue weighted by Gasteiger charge is 2.37. The van der Waals surface area contributed by atoms with Crippen LogP contribution in [0.4, 0.5) is 0 Å². The maximum atomic E-state index is 11.3. The Balaban J connectivity index is 4.52. The van der Waals surface area contributed by atoms with E-state index in [1.807, 2.05) is 0 Å². The zero-order valence-electron chi connectivity index (χ0n) is 7.72. The highest BCUT2D eigenvalue weighted by molar-refractivity contribution is 7.23. The van der Waals surface area contributed by atoms with Gasteiger partial charge in [0.2, 0.25) is 0 Å². The SMILES string of the molecule is CCOC(=O)C(P)(CC)C(C)=O. The largest absolute Gasteiger partial charge is 0.465 e. The summed E-state index contributed by atoms with van der Waals surface area (Å²) < 4.78 is 4.78. The molecule has 2 unspecified atom stereocenters. The molecule has 4 heteroatoms. The van der Waals surface area contributed by atoms with Crippen LogP contribution >= 0.6 is 9.24 Å². The van der Waals surface area contributed by atoms with E-state index < -0.39 is 11.1 Å². The van der Waals surface area contributed by atoms with Crippen LogP contribution in [0.5, 0.6) is 0 Å². The third-order valence-corrected chi connectivity index (χ3v) is 2.88. The summed E-state index contributed by atoms with van der Waals surface area (Å²) in [6.07, 6.45) is 0.450. The van der Waals surface area contributed by atoms with Crippen molar-refractivity contribution in [2.75, 3.05) is 6.61 Å². The van der Waals surface area contributed by atoms with E-state index in [4.69, 9.17) is 4.74 Å². The van der Waals surface area contributed by atoms with Crippen LogP contribution in [0.2, 0.25) is 0 Å². The Labute approximate surface area is 75.1 Å². The lowest BCUT2D eigenvalue weighted by Gasteiger charge is -2.21. The molecule has 0 fully saturated rings. The van der Waals surface area contributed by atoms with Gasteiger partial charge in [0.25, 0.3) is 0 Å². The topological polar surface area (TPSA) is 43.4 Å². The van der Waals surface area contributed by atoms with Gasteiger partial charge < -0.3 is 4.74 Å². The van der Waals surface area contributed by atoms with Gasteiger partial charge in [-0.05, 0) is 20.3 Å². The van der Waals surface area contributed by atoms with E-state index in [0.29, 0.717) is 13.0 Å². The smallest absolute Gasteiger partial charge is 0.323 e. The fraction of sp³-hybridized carbons (Fsp3) is 0.750. The molecular weight excluding hydrogens is 175 g/mol. The molecule has 0 rings (SSSR count). The van der Waals surface area contributed by atoms with Crippen molar-refractivity contribution in [2.24, 2.45) is 0 Å². The summed E-state index contributed by atoms with van der Waals surface area (Å²) in [6.45, 7) is 5.21. The van der Waals surface area contributed by atoms with E-state index in [-0.39, 0.29) is 5.78 Å². The Morgan fingerprint density at radius 2 is 1.92 bits per heavy atom. The van der Waals surface area contributed by atoms with Gasteiger partial charge in [-0.1, -0.05) is 6.92 Å². The first kappa shape index (κ1) is 11.6. The quantitative estimate of drug-likeness (QED) is 0.379. The van der Waals surface area contributed by atoms with Gasteiger partial charge in [0.15, 0.2) is 5.78 Å². The molecule has 2 atom stereocenters. The van der Waals surface area contributed by atoms with Gasteiger partial charge in [-0.25, -0.2) is 0 Å². The third-order valence-electron chi connectivity index (χ3n) is 1.83. The summed E-state index contributed by atoms with van der Waals surface area (Å²) in [4.78, 5) is 22.4. The normalized spacial score (nSPS) is 15.0. The molecule has 3 nitrogen and oxygen atoms in total. The predicted molar refractivity (Wildman–Crippen MR) is 50.0 cm³/mol. The predicted octanol–water partition coefficient (Wildman–Crippen LogP) is 1.16. The number of ketones is 1. The minimum absolute atomic E-state index is 0.173. The summed E-state index contributed by atoms with van der Waals surface area (Å²) >= 11 is 0. The van der Waals surface area contributed by atoms with Crippen molar-refractivity contribution in [1.82, 2.24) is 0 Å². The molecule has 0 N–H and O–H groups in total. The van der Waals surface area contributed by atoms with Crippen molar-refractivity contribution in [2.45, 2.75) is 32.3 Å². The van der Waals surface area contributed by atoms with Crippen LogP contribution in [-0.4, -0.2) is 23.5 Å². The molecule has 0 saturated carbocycles. The van der Waals surface area contributed by atoms with Gasteiger partial charge in [0.1, 0.15) is 5.16 Å². The number of rotatable bonds is 4. The molecule has 0 aromatic carbocycles. The van der Waals surface area contributed by atoms with Gasteiger partial charge in [-0.2, -0.15) is 0 Å².